The maximum Gasteiger partial charge on any atom is 0.243 e. The van der Waals surface area contributed by atoms with Crippen LogP contribution in [0.15, 0.2) is 29.2 Å². The van der Waals surface area contributed by atoms with Crippen molar-refractivity contribution in [1.82, 2.24) is 5.32 Å². The van der Waals surface area contributed by atoms with E-state index in [1.807, 2.05) is 36.0 Å². The maximum atomic E-state index is 11.8. The van der Waals surface area contributed by atoms with Gasteiger partial charge in [-0.05, 0) is 25.0 Å². The first kappa shape index (κ1) is 15.9. The lowest BCUT2D eigenvalue weighted by atomic mass is 10.3. The average Bonchev–Trinajstić information content (AvgIpc) is 3.00. The number of rotatable bonds is 6. The monoisotopic (exact) mass is 307 g/mol. The molecule has 21 heavy (non-hydrogen) atoms. The number of hydrogen-bond donors (Lipinski definition) is 3. The van der Waals surface area contributed by atoms with Crippen molar-refractivity contribution < 1.29 is 9.59 Å². The Bertz CT molecular complexity index is 501. The second-order valence-electron chi connectivity index (χ2n) is 5.05. The molecule has 0 unspecified atom stereocenters. The highest BCUT2D eigenvalue weighted by molar-refractivity contribution is 8.00. The molecular formula is C15H21N3O2S. The molecule has 1 aromatic carbocycles. The smallest absolute Gasteiger partial charge is 0.243 e. The summed E-state index contributed by atoms with van der Waals surface area (Å²) < 4.78 is 0. The summed E-state index contributed by atoms with van der Waals surface area (Å²) in [5.74, 6) is -0.574. The van der Waals surface area contributed by atoms with E-state index in [1.54, 1.807) is 0 Å². The van der Waals surface area contributed by atoms with E-state index < -0.39 is 0 Å². The quantitative estimate of drug-likeness (QED) is 0.747. The first-order valence-corrected chi connectivity index (χ1v) is 8.09. The lowest BCUT2D eigenvalue weighted by Crippen LogP contribution is -2.36. The Morgan fingerprint density at radius 1 is 1.19 bits per heavy atom. The molecule has 1 aromatic rings. The third kappa shape index (κ3) is 5.06. The van der Waals surface area contributed by atoms with Crippen LogP contribution in [0.1, 0.15) is 25.7 Å². The SMILES string of the molecule is NCC(=O)NCC(=O)Nc1ccccc1SC1CCCC1. The van der Waals surface area contributed by atoms with E-state index in [1.165, 1.54) is 25.7 Å². The summed E-state index contributed by atoms with van der Waals surface area (Å²) in [4.78, 5) is 24.0. The zero-order chi connectivity index (χ0) is 15.1. The van der Waals surface area contributed by atoms with Crippen LogP contribution in [0.3, 0.4) is 0 Å². The number of carbonyl (C=O) groups excluding carboxylic acids is 2. The van der Waals surface area contributed by atoms with Crippen LogP contribution in [0, 0.1) is 0 Å². The second kappa shape index (κ2) is 8.05. The van der Waals surface area contributed by atoms with Gasteiger partial charge in [-0.25, -0.2) is 0 Å². The number of anilines is 1. The van der Waals surface area contributed by atoms with Crippen LogP contribution >= 0.6 is 11.8 Å². The molecule has 2 amide bonds. The van der Waals surface area contributed by atoms with Gasteiger partial charge in [0, 0.05) is 10.1 Å². The Kier molecular flexibility index (Phi) is 6.07. The van der Waals surface area contributed by atoms with E-state index in [2.05, 4.69) is 10.6 Å². The summed E-state index contributed by atoms with van der Waals surface area (Å²) >= 11 is 1.83. The molecule has 4 N–H and O–H groups in total. The van der Waals surface area contributed by atoms with Gasteiger partial charge in [-0.3, -0.25) is 9.59 Å². The van der Waals surface area contributed by atoms with Crippen molar-refractivity contribution in [2.45, 2.75) is 35.8 Å². The number of nitrogens with one attached hydrogen (secondary N) is 2. The van der Waals surface area contributed by atoms with Gasteiger partial charge in [-0.1, -0.05) is 25.0 Å². The molecule has 0 aliphatic heterocycles. The highest BCUT2D eigenvalue weighted by Crippen LogP contribution is 2.37. The third-order valence-electron chi connectivity index (χ3n) is 3.39. The first-order valence-electron chi connectivity index (χ1n) is 7.21. The fraction of sp³-hybridized carbons (Fsp3) is 0.467. The minimum Gasteiger partial charge on any atom is -0.346 e. The molecular weight excluding hydrogens is 286 g/mol. The van der Waals surface area contributed by atoms with E-state index in [0.29, 0.717) is 5.25 Å². The van der Waals surface area contributed by atoms with Gasteiger partial charge in [-0.15, -0.1) is 11.8 Å². The second-order valence-corrected chi connectivity index (χ2v) is 6.39. The number of nitrogens with two attached hydrogens (primary N) is 1. The molecule has 0 heterocycles. The van der Waals surface area contributed by atoms with Crippen LogP contribution in [0.25, 0.3) is 0 Å². The van der Waals surface area contributed by atoms with E-state index >= 15 is 0 Å². The van der Waals surface area contributed by atoms with Crippen LogP contribution in [-0.2, 0) is 9.59 Å². The van der Waals surface area contributed by atoms with Crippen molar-refractivity contribution in [2.24, 2.45) is 5.73 Å². The maximum absolute atomic E-state index is 11.8. The Labute approximate surface area is 129 Å². The average molecular weight is 307 g/mol. The van der Waals surface area contributed by atoms with Crippen molar-refractivity contribution >= 4 is 29.3 Å². The predicted molar refractivity (Wildman–Crippen MR) is 85.2 cm³/mol. The molecule has 1 aliphatic rings. The molecule has 0 saturated heterocycles. The van der Waals surface area contributed by atoms with Crippen molar-refractivity contribution in [3.05, 3.63) is 24.3 Å². The molecule has 114 valence electrons. The molecule has 5 nitrogen and oxygen atoms in total. The summed E-state index contributed by atoms with van der Waals surface area (Å²) in [5.41, 5.74) is 5.99. The van der Waals surface area contributed by atoms with Gasteiger partial charge in [0.15, 0.2) is 0 Å². The summed E-state index contributed by atoms with van der Waals surface area (Å²) in [6.07, 6.45) is 5.05. The Morgan fingerprint density at radius 3 is 2.62 bits per heavy atom. The Morgan fingerprint density at radius 2 is 1.90 bits per heavy atom. The zero-order valence-electron chi connectivity index (χ0n) is 11.9. The Balaban J connectivity index is 1.92. The van der Waals surface area contributed by atoms with Gasteiger partial charge < -0.3 is 16.4 Å². The normalized spacial score (nSPS) is 14.9. The molecule has 2 rings (SSSR count). The lowest BCUT2D eigenvalue weighted by molar-refractivity contribution is -0.123. The number of hydrogen-bond acceptors (Lipinski definition) is 4. The number of thioether (sulfide) groups is 1. The highest BCUT2D eigenvalue weighted by atomic mass is 32.2. The van der Waals surface area contributed by atoms with Crippen LogP contribution in [0.4, 0.5) is 5.69 Å². The van der Waals surface area contributed by atoms with Crippen molar-refractivity contribution in [1.29, 1.82) is 0 Å². The zero-order valence-corrected chi connectivity index (χ0v) is 12.7. The molecule has 1 aliphatic carbocycles. The fourth-order valence-corrected chi connectivity index (χ4v) is 3.64. The van der Waals surface area contributed by atoms with Crippen LogP contribution in [0.5, 0.6) is 0 Å². The van der Waals surface area contributed by atoms with Crippen molar-refractivity contribution in [2.75, 3.05) is 18.4 Å². The number of carbonyl (C=O) groups is 2. The molecule has 0 atom stereocenters. The molecule has 0 spiro atoms. The topological polar surface area (TPSA) is 84.2 Å². The fourth-order valence-electron chi connectivity index (χ4n) is 2.30. The first-order chi connectivity index (χ1) is 10.2. The van der Waals surface area contributed by atoms with Gasteiger partial charge in [0.25, 0.3) is 0 Å². The largest absolute Gasteiger partial charge is 0.346 e. The van der Waals surface area contributed by atoms with E-state index in [4.69, 9.17) is 5.73 Å². The van der Waals surface area contributed by atoms with Crippen molar-refractivity contribution in [3.63, 3.8) is 0 Å². The van der Waals surface area contributed by atoms with Gasteiger partial charge in [0.1, 0.15) is 0 Å². The molecule has 1 saturated carbocycles. The van der Waals surface area contributed by atoms with Gasteiger partial charge in [0.05, 0.1) is 18.8 Å². The molecule has 0 radical (unpaired) electrons. The Hall–Kier alpha value is -1.53. The molecule has 6 heteroatoms. The highest BCUT2D eigenvalue weighted by Gasteiger charge is 2.18. The molecule has 0 aromatic heterocycles. The summed E-state index contributed by atoms with van der Waals surface area (Å²) in [7, 11) is 0. The third-order valence-corrected chi connectivity index (χ3v) is 4.80. The summed E-state index contributed by atoms with van der Waals surface area (Å²) in [5, 5.41) is 5.95. The summed E-state index contributed by atoms with van der Waals surface area (Å²) in [6, 6.07) is 7.78. The van der Waals surface area contributed by atoms with Gasteiger partial charge in [-0.2, -0.15) is 0 Å². The molecule has 0 bridgehead atoms. The van der Waals surface area contributed by atoms with E-state index in [0.717, 1.165) is 10.6 Å². The van der Waals surface area contributed by atoms with Crippen LogP contribution in [0.2, 0.25) is 0 Å². The standard InChI is InChI=1S/C15H21N3O2S/c16-9-14(19)17-10-15(20)18-12-7-3-4-8-13(12)21-11-5-1-2-6-11/h3-4,7-8,11H,1-2,5-6,9-10,16H2,(H,17,19)(H,18,20). The van der Waals surface area contributed by atoms with Gasteiger partial charge >= 0.3 is 0 Å². The van der Waals surface area contributed by atoms with E-state index in [-0.39, 0.29) is 24.9 Å². The number of benzene rings is 1. The molecule has 1 fully saturated rings. The van der Waals surface area contributed by atoms with E-state index in [9.17, 15) is 9.59 Å². The predicted octanol–water partition coefficient (Wildman–Crippen LogP) is 1.73. The summed E-state index contributed by atoms with van der Waals surface area (Å²) in [6.45, 7) is -0.167. The lowest BCUT2D eigenvalue weighted by Gasteiger charge is -2.14. The number of para-hydroxylation sites is 1. The minimum absolute atomic E-state index is 0.0571. The number of amides is 2. The van der Waals surface area contributed by atoms with Crippen LogP contribution < -0.4 is 16.4 Å². The van der Waals surface area contributed by atoms with Crippen LogP contribution in [-0.4, -0.2) is 30.2 Å². The minimum atomic E-state index is -0.334. The van der Waals surface area contributed by atoms with Crippen molar-refractivity contribution in [3.8, 4) is 0 Å². The van der Waals surface area contributed by atoms with Gasteiger partial charge in [0.2, 0.25) is 11.8 Å².